The molecule has 0 unspecified atom stereocenters. The molecule has 1 N–H and O–H groups in total. The lowest BCUT2D eigenvalue weighted by Crippen LogP contribution is -2.02. The maximum atomic E-state index is 12.4. The lowest BCUT2D eigenvalue weighted by molar-refractivity contribution is 0.0956. The third kappa shape index (κ3) is 3.30. The standard InChI is InChI=1S/C19H17NO4/c1-12-3-8-17(21)14(9-12)10-18(22)19-11-16(20-24-19)13-4-6-15(23-2)7-5-13/h3-9,11,21H,10H2,1-2H3. The van der Waals surface area contributed by atoms with Gasteiger partial charge in [0.1, 0.15) is 17.2 Å². The van der Waals surface area contributed by atoms with Gasteiger partial charge in [-0.1, -0.05) is 22.9 Å². The number of aromatic nitrogens is 1. The van der Waals surface area contributed by atoms with Crippen molar-refractivity contribution in [3.05, 3.63) is 65.4 Å². The highest BCUT2D eigenvalue weighted by atomic mass is 16.5. The van der Waals surface area contributed by atoms with Gasteiger partial charge in [-0.2, -0.15) is 0 Å². The van der Waals surface area contributed by atoms with E-state index in [1.165, 1.54) is 0 Å². The fourth-order valence-corrected chi connectivity index (χ4v) is 2.42. The number of ether oxygens (including phenoxy) is 1. The summed E-state index contributed by atoms with van der Waals surface area (Å²) in [6.45, 7) is 1.91. The first-order valence-corrected chi connectivity index (χ1v) is 7.49. The predicted octanol–water partition coefficient (Wildman–Crippen LogP) is 3.79. The van der Waals surface area contributed by atoms with Crippen molar-refractivity contribution < 1.29 is 19.2 Å². The van der Waals surface area contributed by atoms with Crippen LogP contribution in [-0.2, 0) is 6.42 Å². The third-order valence-electron chi connectivity index (χ3n) is 3.76. The number of Topliss-reactive ketones (excluding diaryl/α,β-unsaturated/α-hetero) is 1. The first kappa shape index (κ1) is 15.8. The molecule has 0 bridgehead atoms. The highest BCUT2D eigenvalue weighted by Gasteiger charge is 2.16. The molecule has 0 atom stereocenters. The van der Waals surface area contributed by atoms with Crippen molar-refractivity contribution in [2.75, 3.05) is 7.11 Å². The van der Waals surface area contributed by atoms with Crippen LogP contribution in [0, 0.1) is 6.92 Å². The molecule has 1 heterocycles. The average molecular weight is 323 g/mol. The number of carbonyl (C=O) groups is 1. The molecule has 5 nitrogen and oxygen atoms in total. The number of carbonyl (C=O) groups excluding carboxylic acids is 1. The zero-order valence-corrected chi connectivity index (χ0v) is 13.4. The number of phenolic OH excluding ortho intramolecular Hbond substituents is 1. The molecule has 2 aromatic carbocycles. The number of aryl methyl sites for hydroxylation is 1. The van der Waals surface area contributed by atoms with Crippen molar-refractivity contribution in [2.45, 2.75) is 13.3 Å². The second-order valence-electron chi connectivity index (χ2n) is 5.54. The maximum absolute atomic E-state index is 12.4. The Morgan fingerprint density at radius 1 is 1.17 bits per heavy atom. The van der Waals surface area contributed by atoms with Crippen LogP contribution in [0.25, 0.3) is 11.3 Å². The van der Waals surface area contributed by atoms with E-state index in [2.05, 4.69) is 5.16 Å². The van der Waals surface area contributed by atoms with E-state index in [0.717, 1.165) is 16.9 Å². The van der Waals surface area contributed by atoms with Gasteiger partial charge >= 0.3 is 0 Å². The number of ketones is 1. The normalized spacial score (nSPS) is 10.6. The van der Waals surface area contributed by atoms with Gasteiger partial charge in [0.25, 0.3) is 0 Å². The zero-order valence-electron chi connectivity index (χ0n) is 13.4. The minimum atomic E-state index is -0.233. The summed E-state index contributed by atoms with van der Waals surface area (Å²) in [5.41, 5.74) is 2.96. The van der Waals surface area contributed by atoms with Gasteiger partial charge < -0.3 is 14.4 Å². The lowest BCUT2D eigenvalue weighted by atomic mass is 10.0. The van der Waals surface area contributed by atoms with Crippen molar-refractivity contribution in [2.24, 2.45) is 0 Å². The van der Waals surface area contributed by atoms with Gasteiger partial charge in [-0.05, 0) is 37.3 Å². The van der Waals surface area contributed by atoms with Crippen LogP contribution in [-0.4, -0.2) is 23.2 Å². The Labute approximate surface area is 139 Å². The highest BCUT2D eigenvalue weighted by molar-refractivity contribution is 5.96. The molecule has 0 aliphatic carbocycles. The average Bonchev–Trinajstić information content (AvgIpc) is 3.08. The summed E-state index contributed by atoms with van der Waals surface area (Å²) in [6.07, 6.45) is 0.0603. The van der Waals surface area contributed by atoms with E-state index in [4.69, 9.17) is 9.26 Å². The maximum Gasteiger partial charge on any atom is 0.205 e. The quantitative estimate of drug-likeness (QED) is 0.723. The molecule has 0 saturated carbocycles. The summed E-state index contributed by atoms with van der Waals surface area (Å²) < 4.78 is 10.3. The minimum absolute atomic E-state index is 0.0603. The Morgan fingerprint density at radius 3 is 2.62 bits per heavy atom. The van der Waals surface area contributed by atoms with E-state index in [-0.39, 0.29) is 23.7 Å². The summed E-state index contributed by atoms with van der Waals surface area (Å²) in [5.74, 6) is 0.780. The fourth-order valence-electron chi connectivity index (χ4n) is 2.42. The van der Waals surface area contributed by atoms with Gasteiger partial charge in [-0.25, -0.2) is 0 Å². The highest BCUT2D eigenvalue weighted by Crippen LogP contribution is 2.24. The SMILES string of the molecule is COc1ccc(-c2cc(C(=O)Cc3cc(C)ccc3O)on2)cc1. The number of aromatic hydroxyl groups is 1. The van der Waals surface area contributed by atoms with Crippen LogP contribution in [0.5, 0.6) is 11.5 Å². The first-order chi connectivity index (χ1) is 11.6. The fraction of sp³-hybridized carbons (Fsp3) is 0.158. The van der Waals surface area contributed by atoms with Crippen LogP contribution >= 0.6 is 0 Å². The molecule has 1 aromatic heterocycles. The molecule has 0 radical (unpaired) electrons. The Bertz CT molecular complexity index is 865. The summed E-state index contributed by atoms with van der Waals surface area (Å²) in [6, 6.07) is 14.1. The largest absolute Gasteiger partial charge is 0.508 e. The van der Waals surface area contributed by atoms with E-state index in [1.807, 2.05) is 31.2 Å². The van der Waals surface area contributed by atoms with E-state index in [1.54, 1.807) is 31.4 Å². The third-order valence-corrected chi connectivity index (χ3v) is 3.76. The molecule has 5 heteroatoms. The molecule has 0 aliphatic heterocycles. The molecule has 0 aliphatic rings. The lowest BCUT2D eigenvalue weighted by Gasteiger charge is -2.03. The molecule has 3 aromatic rings. The van der Waals surface area contributed by atoms with Crippen LogP contribution in [0.2, 0.25) is 0 Å². The van der Waals surface area contributed by atoms with Gasteiger partial charge in [-0.15, -0.1) is 0 Å². The van der Waals surface area contributed by atoms with Crippen LogP contribution < -0.4 is 4.74 Å². The topological polar surface area (TPSA) is 72.6 Å². The van der Waals surface area contributed by atoms with E-state index >= 15 is 0 Å². The molecule has 0 saturated heterocycles. The van der Waals surface area contributed by atoms with Gasteiger partial charge in [0.2, 0.25) is 11.5 Å². The number of hydrogen-bond acceptors (Lipinski definition) is 5. The van der Waals surface area contributed by atoms with Crippen LogP contribution in [0.3, 0.4) is 0 Å². The number of phenols is 1. The van der Waals surface area contributed by atoms with E-state index in [0.29, 0.717) is 11.3 Å². The predicted molar refractivity (Wildman–Crippen MR) is 89.4 cm³/mol. The van der Waals surface area contributed by atoms with Gasteiger partial charge in [-0.3, -0.25) is 4.79 Å². The Morgan fingerprint density at radius 2 is 1.92 bits per heavy atom. The van der Waals surface area contributed by atoms with E-state index in [9.17, 15) is 9.90 Å². The summed E-state index contributed by atoms with van der Waals surface area (Å²) in [4.78, 5) is 12.4. The molecule has 122 valence electrons. The number of nitrogens with zero attached hydrogens (tertiary/aromatic N) is 1. The minimum Gasteiger partial charge on any atom is -0.508 e. The van der Waals surface area contributed by atoms with Gasteiger partial charge in [0.05, 0.1) is 7.11 Å². The van der Waals surface area contributed by atoms with Gasteiger partial charge in [0, 0.05) is 23.6 Å². The van der Waals surface area contributed by atoms with Crippen molar-refractivity contribution in [1.29, 1.82) is 0 Å². The number of hydrogen-bond donors (Lipinski definition) is 1. The zero-order chi connectivity index (χ0) is 17.1. The second kappa shape index (κ2) is 6.58. The Hall–Kier alpha value is -3.08. The summed E-state index contributed by atoms with van der Waals surface area (Å²) in [5, 5.41) is 13.8. The monoisotopic (exact) mass is 323 g/mol. The molecule has 0 fully saturated rings. The number of methoxy groups -OCH3 is 1. The summed E-state index contributed by atoms with van der Waals surface area (Å²) >= 11 is 0. The van der Waals surface area contributed by atoms with Crippen molar-refractivity contribution in [3.8, 4) is 22.8 Å². The summed E-state index contributed by atoms with van der Waals surface area (Å²) in [7, 11) is 1.60. The number of benzene rings is 2. The van der Waals surface area contributed by atoms with Crippen molar-refractivity contribution in [3.63, 3.8) is 0 Å². The van der Waals surface area contributed by atoms with Crippen LogP contribution in [0.1, 0.15) is 21.7 Å². The molecular weight excluding hydrogens is 306 g/mol. The molecular formula is C19H17NO4. The van der Waals surface area contributed by atoms with Crippen molar-refractivity contribution in [1.82, 2.24) is 5.16 Å². The van der Waals surface area contributed by atoms with Crippen molar-refractivity contribution >= 4 is 5.78 Å². The molecule has 3 rings (SSSR count). The molecule has 0 spiro atoms. The van der Waals surface area contributed by atoms with Crippen LogP contribution in [0.15, 0.2) is 53.1 Å². The number of rotatable bonds is 5. The van der Waals surface area contributed by atoms with Gasteiger partial charge in [0.15, 0.2) is 0 Å². The Balaban J connectivity index is 1.79. The second-order valence-corrected chi connectivity index (χ2v) is 5.54. The Kier molecular flexibility index (Phi) is 4.33. The molecule has 0 amide bonds. The van der Waals surface area contributed by atoms with E-state index < -0.39 is 0 Å². The van der Waals surface area contributed by atoms with Crippen LogP contribution in [0.4, 0.5) is 0 Å². The first-order valence-electron chi connectivity index (χ1n) is 7.49. The smallest absolute Gasteiger partial charge is 0.205 e. The molecule has 24 heavy (non-hydrogen) atoms.